The number of hydrogen-bond acceptors (Lipinski definition) is 3. The van der Waals surface area contributed by atoms with Gasteiger partial charge < -0.3 is 10.1 Å². The summed E-state index contributed by atoms with van der Waals surface area (Å²) in [6, 6.07) is 4.56. The van der Waals surface area contributed by atoms with Crippen molar-refractivity contribution in [2.45, 2.75) is 45.3 Å². The molecule has 1 aromatic rings. The van der Waals surface area contributed by atoms with Crippen molar-refractivity contribution in [3.8, 4) is 0 Å². The SMILES string of the molecule is CCCNC(Cc1ccc(Cl)s1)CC(C)OC. The standard InChI is InChI=1S/C13H22ClNOS/c1-4-7-15-11(8-10(2)16-3)9-12-5-6-13(14)17-12/h5-6,10-11,15H,4,7-9H2,1-3H3. The summed E-state index contributed by atoms with van der Waals surface area (Å²) in [4.78, 5) is 1.34. The summed E-state index contributed by atoms with van der Waals surface area (Å²) in [5.41, 5.74) is 0. The molecule has 2 nitrogen and oxygen atoms in total. The monoisotopic (exact) mass is 275 g/mol. The van der Waals surface area contributed by atoms with Crippen molar-refractivity contribution >= 4 is 22.9 Å². The highest BCUT2D eigenvalue weighted by atomic mass is 35.5. The van der Waals surface area contributed by atoms with Crippen molar-refractivity contribution in [1.29, 1.82) is 0 Å². The van der Waals surface area contributed by atoms with Crippen LogP contribution in [0.1, 0.15) is 31.6 Å². The van der Waals surface area contributed by atoms with E-state index in [-0.39, 0.29) is 0 Å². The molecule has 0 fully saturated rings. The molecule has 17 heavy (non-hydrogen) atoms. The predicted molar refractivity (Wildman–Crippen MR) is 76.2 cm³/mol. The third-order valence-electron chi connectivity index (χ3n) is 2.78. The molecule has 0 aliphatic carbocycles. The van der Waals surface area contributed by atoms with Crippen LogP contribution in [-0.4, -0.2) is 25.8 Å². The molecule has 0 aromatic carbocycles. The molecule has 0 bridgehead atoms. The highest BCUT2D eigenvalue weighted by Crippen LogP contribution is 2.23. The molecule has 98 valence electrons. The summed E-state index contributed by atoms with van der Waals surface area (Å²) < 4.78 is 6.21. The van der Waals surface area contributed by atoms with Gasteiger partial charge in [-0.2, -0.15) is 0 Å². The summed E-state index contributed by atoms with van der Waals surface area (Å²) in [7, 11) is 1.77. The lowest BCUT2D eigenvalue weighted by Gasteiger charge is -2.21. The average Bonchev–Trinajstić information content (AvgIpc) is 2.71. The second-order valence-corrected chi connectivity index (χ2v) is 6.14. The molecule has 1 heterocycles. The molecule has 0 amide bonds. The molecular weight excluding hydrogens is 254 g/mol. The van der Waals surface area contributed by atoms with E-state index in [1.807, 2.05) is 6.07 Å². The molecule has 1 aromatic heterocycles. The van der Waals surface area contributed by atoms with Crippen molar-refractivity contribution in [3.05, 3.63) is 21.3 Å². The molecule has 1 N–H and O–H groups in total. The van der Waals surface area contributed by atoms with E-state index in [1.54, 1.807) is 18.4 Å². The van der Waals surface area contributed by atoms with E-state index in [1.165, 1.54) is 4.88 Å². The summed E-state index contributed by atoms with van der Waals surface area (Å²) in [6.45, 7) is 5.36. The van der Waals surface area contributed by atoms with Crippen LogP contribution in [-0.2, 0) is 11.2 Å². The first kappa shape index (κ1) is 15.0. The van der Waals surface area contributed by atoms with Crippen LogP contribution in [0.3, 0.4) is 0 Å². The van der Waals surface area contributed by atoms with E-state index in [4.69, 9.17) is 16.3 Å². The van der Waals surface area contributed by atoms with Crippen LogP contribution in [0.5, 0.6) is 0 Å². The Kier molecular flexibility index (Phi) is 7.12. The Labute approximate surface area is 113 Å². The average molecular weight is 276 g/mol. The normalized spacial score (nSPS) is 14.8. The summed E-state index contributed by atoms with van der Waals surface area (Å²) in [5.74, 6) is 0. The lowest BCUT2D eigenvalue weighted by atomic mass is 10.1. The summed E-state index contributed by atoms with van der Waals surface area (Å²) in [6.07, 6.45) is 3.51. The van der Waals surface area contributed by atoms with Crippen LogP contribution in [0, 0.1) is 0 Å². The first-order chi connectivity index (χ1) is 8.15. The number of hydrogen-bond donors (Lipinski definition) is 1. The lowest BCUT2D eigenvalue weighted by molar-refractivity contribution is 0.100. The van der Waals surface area contributed by atoms with Gasteiger partial charge in [0.05, 0.1) is 10.4 Å². The molecule has 0 saturated carbocycles. The van der Waals surface area contributed by atoms with Gasteiger partial charge in [0.15, 0.2) is 0 Å². The largest absolute Gasteiger partial charge is 0.382 e. The molecule has 1 rings (SSSR count). The third-order valence-corrected chi connectivity index (χ3v) is 4.03. The highest BCUT2D eigenvalue weighted by molar-refractivity contribution is 7.16. The van der Waals surface area contributed by atoms with Gasteiger partial charge in [-0.1, -0.05) is 18.5 Å². The minimum atomic E-state index is 0.291. The van der Waals surface area contributed by atoms with Crippen molar-refractivity contribution in [2.24, 2.45) is 0 Å². The van der Waals surface area contributed by atoms with Gasteiger partial charge in [-0.05, 0) is 44.9 Å². The third kappa shape index (κ3) is 5.87. The molecule has 2 unspecified atom stereocenters. The first-order valence-electron chi connectivity index (χ1n) is 6.16. The fourth-order valence-electron chi connectivity index (χ4n) is 1.79. The maximum absolute atomic E-state index is 5.95. The van der Waals surface area contributed by atoms with Crippen LogP contribution in [0.2, 0.25) is 4.34 Å². The minimum Gasteiger partial charge on any atom is -0.382 e. The Hall–Kier alpha value is -0.0900. The van der Waals surface area contributed by atoms with Crippen molar-refractivity contribution in [2.75, 3.05) is 13.7 Å². The van der Waals surface area contributed by atoms with E-state index in [0.29, 0.717) is 12.1 Å². The number of methoxy groups -OCH3 is 1. The van der Waals surface area contributed by atoms with Crippen molar-refractivity contribution in [3.63, 3.8) is 0 Å². The zero-order chi connectivity index (χ0) is 12.7. The molecular formula is C13H22ClNOS. The van der Waals surface area contributed by atoms with Crippen LogP contribution in [0.4, 0.5) is 0 Å². The smallest absolute Gasteiger partial charge is 0.0931 e. The fraction of sp³-hybridized carbons (Fsp3) is 0.692. The van der Waals surface area contributed by atoms with E-state index in [2.05, 4.69) is 25.2 Å². The van der Waals surface area contributed by atoms with E-state index >= 15 is 0 Å². The van der Waals surface area contributed by atoms with Crippen LogP contribution in [0.25, 0.3) is 0 Å². The second-order valence-electron chi connectivity index (χ2n) is 4.34. The van der Waals surface area contributed by atoms with Gasteiger partial charge in [-0.3, -0.25) is 0 Å². The number of nitrogens with one attached hydrogen (secondary N) is 1. The summed E-state index contributed by atoms with van der Waals surface area (Å²) in [5, 5.41) is 3.58. The Bertz CT molecular complexity index is 316. The first-order valence-corrected chi connectivity index (χ1v) is 7.35. The van der Waals surface area contributed by atoms with Gasteiger partial charge in [0.25, 0.3) is 0 Å². The highest BCUT2D eigenvalue weighted by Gasteiger charge is 2.14. The second kappa shape index (κ2) is 8.09. The van der Waals surface area contributed by atoms with Gasteiger partial charge in [0, 0.05) is 18.0 Å². The lowest BCUT2D eigenvalue weighted by Crippen LogP contribution is -2.34. The van der Waals surface area contributed by atoms with E-state index in [9.17, 15) is 0 Å². The van der Waals surface area contributed by atoms with E-state index in [0.717, 1.165) is 30.1 Å². The maximum Gasteiger partial charge on any atom is 0.0931 e. The maximum atomic E-state index is 5.95. The Morgan fingerprint density at radius 3 is 2.76 bits per heavy atom. The molecule has 0 spiro atoms. The van der Waals surface area contributed by atoms with E-state index < -0.39 is 0 Å². The molecule has 0 aliphatic heterocycles. The van der Waals surface area contributed by atoms with Gasteiger partial charge >= 0.3 is 0 Å². The molecule has 4 heteroatoms. The quantitative estimate of drug-likeness (QED) is 0.780. The number of rotatable bonds is 8. The molecule has 2 atom stereocenters. The topological polar surface area (TPSA) is 21.3 Å². The number of halogens is 1. The van der Waals surface area contributed by atoms with Crippen molar-refractivity contribution < 1.29 is 4.74 Å². The molecule has 0 saturated heterocycles. The van der Waals surface area contributed by atoms with Crippen LogP contribution >= 0.6 is 22.9 Å². The molecule has 0 radical (unpaired) electrons. The van der Waals surface area contributed by atoms with Crippen molar-refractivity contribution in [1.82, 2.24) is 5.32 Å². The fourth-order valence-corrected chi connectivity index (χ4v) is 2.96. The Balaban J connectivity index is 2.50. The van der Waals surface area contributed by atoms with Crippen LogP contribution in [0.15, 0.2) is 12.1 Å². The Morgan fingerprint density at radius 2 is 2.24 bits per heavy atom. The predicted octanol–water partition coefficient (Wildman–Crippen LogP) is 3.74. The van der Waals surface area contributed by atoms with Crippen LogP contribution < -0.4 is 5.32 Å². The zero-order valence-corrected chi connectivity index (χ0v) is 12.4. The Morgan fingerprint density at radius 1 is 1.47 bits per heavy atom. The zero-order valence-electron chi connectivity index (χ0n) is 10.8. The van der Waals surface area contributed by atoms with Gasteiger partial charge in [0.2, 0.25) is 0 Å². The van der Waals surface area contributed by atoms with Gasteiger partial charge in [-0.15, -0.1) is 11.3 Å². The van der Waals surface area contributed by atoms with Gasteiger partial charge in [0.1, 0.15) is 0 Å². The van der Waals surface area contributed by atoms with Gasteiger partial charge in [-0.25, -0.2) is 0 Å². The number of ether oxygens (including phenoxy) is 1. The minimum absolute atomic E-state index is 0.291. The number of thiophene rings is 1. The summed E-state index contributed by atoms with van der Waals surface area (Å²) >= 11 is 7.62. The molecule has 0 aliphatic rings.